The first-order valence-corrected chi connectivity index (χ1v) is 5.09. The monoisotopic (exact) mass is 268 g/mol. The molecule has 0 unspecified atom stereocenters. The Labute approximate surface area is 94.8 Å². The Morgan fingerprint density at radius 2 is 2.13 bits per heavy atom. The van der Waals surface area contributed by atoms with Crippen molar-refractivity contribution in [2.75, 3.05) is 5.73 Å². The predicted octanol–water partition coefficient (Wildman–Crippen LogP) is 2.70. The highest BCUT2D eigenvalue weighted by molar-refractivity contribution is 9.10. The zero-order chi connectivity index (χ0) is 11.0. The third-order valence-corrected chi connectivity index (χ3v) is 3.01. The summed E-state index contributed by atoms with van der Waals surface area (Å²) >= 11 is 3.31. The van der Waals surface area contributed by atoms with Gasteiger partial charge < -0.3 is 15.4 Å². The maximum atomic E-state index is 9.74. The number of hydrogen-bond acceptors (Lipinski definition) is 4. The molecule has 0 bridgehead atoms. The Kier molecular flexibility index (Phi) is 2.40. The first kappa shape index (κ1) is 10.0. The molecule has 3 N–H and O–H groups in total. The third-order valence-electron chi connectivity index (χ3n) is 2.21. The number of phenolic OH excluding ortho intramolecular Hbond substituents is 1. The second kappa shape index (κ2) is 3.58. The van der Waals surface area contributed by atoms with E-state index in [9.17, 15) is 5.11 Å². The van der Waals surface area contributed by atoms with E-state index < -0.39 is 0 Å². The number of aromatic hydroxyl groups is 1. The summed E-state index contributed by atoms with van der Waals surface area (Å²) < 4.78 is 5.36. The Bertz CT molecular complexity index is 508. The maximum Gasteiger partial charge on any atom is 0.229 e. The molecule has 0 amide bonds. The van der Waals surface area contributed by atoms with E-state index in [0.717, 1.165) is 11.1 Å². The van der Waals surface area contributed by atoms with Crippen LogP contribution in [0.1, 0.15) is 5.56 Å². The zero-order valence-corrected chi connectivity index (χ0v) is 9.58. The number of hydrogen-bond donors (Lipinski definition) is 2. The minimum absolute atomic E-state index is 0.202. The third kappa shape index (κ3) is 1.59. The van der Waals surface area contributed by atoms with Gasteiger partial charge in [0.2, 0.25) is 5.88 Å². The molecule has 2 rings (SSSR count). The molecule has 0 atom stereocenters. The van der Waals surface area contributed by atoms with E-state index in [1.165, 1.54) is 6.20 Å². The number of benzene rings is 1. The van der Waals surface area contributed by atoms with Crippen LogP contribution in [0, 0.1) is 6.92 Å². The summed E-state index contributed by atoms with van der Waals surface area (Å²) in [5.41, 5.74) is 7.82. The van der Waals surface area contributed by atoms with E-state index in [2.05, 4.69) is 21.1 Å². The van der Waals surface area contributed by atoms with Crippen molar-refractivity contribution in [1.29, 1.82) is 0 Å². The van der Waals surface area contributed by atoms with Gasteiger partial charge in [-0.15, -0.1) is 0 Å². The summed E-state index contributed by atoms with van der Waals surface area (Å²) in [5, 5.41) is 13.3. The van der Waals surface area contributed by atoms with Gasteiger partial charge in [-0.1, -0.05) is 17.3 Å². The van der Waals surface area contributed by atoms with Crippen molar-refractivity contribution in [2.24, 2.45) is 0 Å². The molecule has 15 heavy (non-hydrogen) atoms. The first-order valence-electron chi connectivity index (χ1n) is 4.30. The molecule has 0 aliphatic rings. The standard InChI is InChI=1S/C10H9BrN2O2/c1-5-2-3-6(8(11)9(5)14)7-4-13-15-10(7)12/h2-4,14H,12H2,1H3. The smallest absolute Gasteiger partial charge is 0.229 e. The highest BCUT2D eigenvalue weighted by atomic mass is 79.9. The summed E-state index contributed by atoms with van der Waals surface area (Å²) in [6.07, 6.45) is 1.52. The highest BCUT2D eigenvalue weighted by Crippen LogP contribution is 2.38. The van der Waals surface area contributed by atoms with E-state index in [1.807, 2.05) is 19.1 Å². The van der Waals surface area contributed by atoms with Crippen LogP contribution in [0.2, 0.25) is 0 Å². The van der Waals surface area contributed by atoms with Crippen LogP contribution >= 0.6 is 15.9 Å². The number of nitrogen functional groups attached to an aromatic ring is 1. The maximum absolute atomic E-state index is 9.74. The fraction of sp³-hybridized carbons (Fsp3) is 0.100. The summed E-state index contributed by atoms with van der Waals surface area (Å²) in [6.45, 7) is 1.82. The first-order chi connectivity index (χ1) is 7.11. The molecular weight excluding hydrogens is 260 g/mol. The van der Waals surface area contributed by atoms with E-state index >= 15 is 0 Å². The normalized spacial score (nSPS) is 10.5. The quantitative estimate of drug-likeness (QED) is 0.834. The molecule has 1 aromatic heterocycles. The number of aryl methyl sites for hydroxylation is 1. The molecule has 0 saturated carbocycles. The van der Waals surface area contributed by atoms with Gasteiger partial charge in [-0.05, 0) is 28.4 Å². The molecule has 0 spiro atoms. The van der Waals surface area contributed by atoms with Gasteiger partial charge in [0.15, 0.2) is 0 Å². The van der Waals surface area contributed by atoms with Crippen LogP contribution in [0.15, 0.2) is 27.3 Å². The van der Waals surface area contributed by atoms with Crippen LogP contribution in [0.3, 0.4) is 0 Å². The number of anilines is 1. The molecule has 2 aromatic rings. The number of nitrogens with zero attached hydrogens (tertiary/aromatic N) is 1. The summed E-state index contributed by atoms with van der Waals surface area (Å²) in [4.78, 5) is 0. The van der Waals surface area contributed by atoms with Gasteiger partial charge in [0.1, 0.15) is 5.75 Å². The lowest BCUT2D eigenvalue weighted by Gasteiger charge is -2.06. The Morgan fingerprint density at radius 1 is 1.40 bits per heavy atom. The van der Waals surface area contributed by atoms with Gasteiger partial charge in [0, 0.05) is 5.56 Å². The van der Waals surface area contributed by atoms with Crippen molar-refractivity contribution in [1.82, 2.24) is 5.16 Å². The lowest BCUT2D eigenvalue weighted by atomic mass is 10.1. The van der Waals surface area contributed by atoms with Crippen molar-refractivity contribution in [2.45, 2.75) is 6.92 Å². The van der Waals surface area contributed by atoms with Gasteiger partial charge in [0.25, 0.3) is 0 Å². The van der Waals surface area contributed by atoms with Crippen LogP contribution < -0.4 is 5.73 Å². The van der Waals surface area contributed by atoms with E-state index in [1.54, 1.807) is 0 Å². The number of aromatic nitrogens is 1. The molecule has 78 valence electrons. The van der Waals surface area contributed by atoms with Crippen molar-refractivity contribution in [3.05, 3.63) is 28.4 Å². The molecule has 5 heteroatoms. The molecule has 0 radical (unpaired) electrons. The minimum atomic E-state index is 0.202. The minimum Gasteiger partial charge on any atom is -0.506 e. The van der Waals surface area contributed by atoms with E-state index in [4.69, 9.17) is 10.3 Å². The van der Waals surface area contributed by atoms with Crippen LogP contribution in [-0.4, -0.2) is 10.3 Å². The SMILES string of the molecule is Cc1ccc(-c2cnoc2N)c(Br)c1O. The second-order valence-electron chi connectivity index (χ2n) is 3.20. The lowest BCUT2D eigenvalue weighted by Crippen LogP contribution is -1.87. The largest absolute Gasteiger partial charge is 0.506 e. The van der Waals surface area contributed by atoms with E-state index in [0.29, 0.717) is 10.0 Å². The topological polar surface area (TPSA) is 72.3 Å². The van der Waals surface area contributed by atoms with Crippen LogP contribution in [0.5, 0.6) is 5.75 Å². The average Bonchev–Trinajstić information content (AvgIpc) is 2.62. The number of nitrogens with two attached hydrogens (primary N) is 1. The van der Waals surface area contributed by atoms with Gasteiger partial charge in [-0.25, -0.2) is 0 Å². The van der Waals surface area contributed by atoms with Crippen LogP contribution in [-0.2, 0) is 0 Å². The molecule has 1 heterocycles. The Hall–Kier alpha value is -1.49. The van der Waals surface area contributed by atoms with Crippen LogP contribution in [0.25, 0.3) is 11.1 Å². The van der Waals surface area contributed by atoms with E-state index in [-0.39, 0.29) is 11.6 Å². The lowest BCUT2D eigenvalue weighted by molar-refractivity contribution is 0.436. The average molecular weight is 269 g/mol. The summed E-state index contributed by atoms with van der Waals surface area (Å²) in [6, 6.07) is 3.66. The highest BCUT2D eigenvalue weighted by Gasteiger charge is 2.14. The number of phenols is 1. The predicted molar refractivity (Wildman–Crippen MR) is 60.5 cm³/mol. The van der Waals surface area contributed by atoms with Gasteiger partial charge in [-0.3, -0.25) is 0 Å². The molecule has 0 fully saturated rings. The molecule has 0 aliphatic heterocycles. The van der Waals surface area contributed by atoms with Crippen molar-refractivity contribution < 1.29 is 9.63 Å². The van der Waals surface area contributed by atoms with Crippen molar-refractivity contribution in [3.8, 4) is 16.9 Å². The fourth-order valence-corrected chi connectivity index (χ4v) is 1.98. The number of halogens is 1. The van der Waals surface area contributed by atoms with Crippen molar-refractivity contribution in [3.63, 3.8) is 0 Å². The zero-order valence-electron chi connectivity index (χ0n) is 7.99. The van der Waals surface area contributed by atoms with Gasteiger partial charge in [0.05, 0.1) is 16.2 Å². The van der Waals surface area contributed by atoms with Crippen molar-refractivity contribution >= 4 is 21.8 Å². The van der Waals surface area contributed by atoms with Gasteiger partial charge >= 0.3 is 0 Å². The molecule has 0 saturated heterocycles. The Morgan fingerprint density at radius 3 is 2.73 bits per heavy atom. The fourth-order valence-electron chi connectivity index (χ4n) is 1.32. The van der Waals surface area contributed by atoms with Crippen LogP contribution in [0.4, 0.5) is 5.88 Å². The molecule has 1 aromatic carbocycles. The van der Waals surface area contributed by atoms with Gasteiger partial charge in [-0.2, -0.15) is 0 Å². The molecular formula is C10H9BrN2O2. The Balaban J connectivity index is 2.65. The molecule has 0 aliphatic carbocycles. The number of rotatable bonds is 1. The summed E-state index contributed by atoms with van der Waals surface area (Å²) in [7, 11) is 0. The summed E-state index contributed by atoms with van der Waals surface area (Å²) in [5.74, 6) is 0.437. The molecule has 4 nitrogen and oxygen atoms in total. The second-order valence-corrected chi connectivity index (χ2v) is 3.99.